The van der Waals surface area contributed by atoms with Crippen molar-refractivity contribution in [3.8, 4) is 0 Å². The normalized spacial score (nSPS) is 20.0. The van der Waals surface area contributed by atoms with Crippen molar-refractivity contribution in [2.45, 2.75) is 5.28 Å². The summed E-state index contributed by atoms with van der Waals surface area (Å²) in [7, 11) is 0. The monoisotopic (exact) mass is 615 g/mol. The number of rotatable bonds is 7. The van der Waals surface area contributed by atoms with Gasteiger partial charge in [0.05, 0.1) is 0 Å². The van der Waals surface area contributed by atoms with Gasteiger partial charge in [-0.15, -0.1) is 0 Å². The van der Waals surface area contributed by atoms with Gasteiger partial charge in [0.2, 0.25) is 0 Å². The van der Waals surface area contributed by atoms with Crippen LogP contribution in [0, 0.1) is 0 Å². The maximum atomic E-state index is 16.0. The number of hydrogen-bond acceptors (Lipinski definition) is 3. The van der Waals surface area contributed by atoms with E-state index in [1.807, 2.05) is 146 Å². The third kappa shape index (κ3) is 3.37. The molecule has 1 saturated heterocycles. The molecule has 2 aliphatic rings. The van der Waals surface area contributed by atoms with Crippen LogP contribution in [0.15, 0.2) is 188 Å². The van der Waals surface area contributed by atoms with E-state index in [-0.39, 0.29) is 11.7 Å². The number of fused-ring (bicyclic) bond motifs is 1. The minimum absolute atomic E-state index is 0.188. The molecule has 1 atom stereocenters. The molecule has 5 heteroatoms. The Kier molecular flexibility index (Phi) is 6.39. The molecule has 2 aliphatic heterocycles. The van der Waals surface area contributed by atoms with Crippen molar-refractivity contribution in [2.24, 2.45) is 0 Å². The Hall–Kier alpha value is -5.57. The number of nitrogens with zero attached hydrogens (tertiary/aromatic N) is 1. The van der Waals surface area contributed by atoms with Gasteiger partial charge in [-0.2, -0.15) is 0 Å². The van der Waals surface area contributed by atoms with Crippen LogP contribution >= 0.6 is 6.83 Å². The second-order valence-electron chi connectivity index (χ2n) is 11.5. The molecular weight excluding hydrogens is 585 g/mol. The number of para-hydroxylation sites is 1. The average Bonchev–Trinajstić information content (AvgIpc) is 3.40. The Balaban J connectivity index is 1.67. The Labute approximate surface area is 268 Å². The van der Waals surface area contributed by atoms with Crippen LogP contribution in [-0.2, 0) is 9.32 Å². The van der Waals surface area contributed by atoms with E-state index in [1.165, 1.54) is 0 Å². The van der Waals surface area contributed by atoms with Crippen LogP contribution in [0.4, 0.5) is 5.69 Å². The zero-order valence-electron chi connectivity index (χ0n) is 24.9. The summed E-state index contributed by atoms with van der Waals surface area (Å²) >= 11 is 0. The maximum absolute atomic E-state index is 16.0. The van der Waals surface area contributed by atoms with Crippen molar-refractivity contribution < 1.29 is 14.1 Å². The number of hydrogen-bond donors (Lipinski definition) is 0. The van der Waals surface area contributed by atoms with Crippen LogP contribution in [0.1, 0.15) is 15.9 Å². The first-order valence-corrected chi connectivity index (χ1v) is 17.5. The van der Waals surface area contributed by atoms with Crippen molar-refractivity contribution >= 4 is 45.9 Å². The summed E-state index contributed by atoms with van der Waals surface area (Å²) < 4.78 is 7.86. The Bertz CT molecular complexity index is 2000. The first-order chi connectivity index (χ1) is 22.6. The van der Waals surface area contributed by atoms with Crippen LogP contribution in [0.25, 0.3) is 5.76 Å². The molecule has 0 aromatic heterocycles. The Morgan fingerprint density at radius 2 is 0.913 bits per heavy atom. The fraction of sp³-hybridized carbons (Fsp3) is 0.0244. The first-order valence-electron chi connectivity index (χ1n) is 15.3. The van der Waals surface area contributed by atoms with Gasteiger partial charge in [0.15, 0.2) is 0 Å². The van der Waals surface area contributed by atoms with E-state index in [2.05, 4.69) is 36.4 Å². The van der Waals surface area contributed by atoms with E-state index in [9.17, 15) is 4.79 Å². The Morgan fingerprint density at radius 3 is 1.37 bits per heavy atom. The topological polar surface area (TPSA) is 46.6 Å². The zero-order valence-corrected chi connectivity index (χ0v) is 25.8. The molecule has 2 heterocycles. The molecular formula is C41H30NO3P. The van der Waals surface area contributed by atoms with Crippen LogP contribution in [-0.4, -0.2) is 17.0 Å². The number of carbonyl (C=O) groups is 2. The summed E-state index contributed by atoms with van der Waals surface area (Å²) in [5, 5.41) is 0.979. The third-order valence-corrected chi connectivity index (χ3v) is 15.6. The van der Waals surface area contributed by atoms with Gasteiger partial charge in [0.25, 0.3) is 0 Å². The second-order valence-corrected chi connectivity index (χ2v) is 16.0. The van der Waals surface area contributed by atoms with Crippen molar-refractivity contribution in [3.05, 3.63) is 199 Å². The molecule has 8 rings (SSSR count). The summed E-state index contributed by atoms with van der Waals surface area (Å²) in [6, 6.07) is 58.9. The van der Waals surface area contributed by atoms with E-state index < -0.39 is 12.1 Å². The fourth-order valence-corrected chi connectivity index (χ4v) is 14.6. The summed E-state index contributed by atoms with van der Waals surface area (Å²) in [4.78, 5) is 32.7. The van der Waals surface area contributed by atoms with Gasteiger partial charge >= 0.3 is 269 Å². The second kappa shape index (κ2) is 10.5. The van der Waals surface area contributed by atoms with E-state index >= 15 is 4.79 Å². The van der Waals surface area contributed by atoms with Crippen molar-refractivity contribution in [3.63, 3.8) is 0 Å². The molecule has 6 aromatic rings. The summed E-state index contributed by atoms with van der Waals surface area (Å²) in [6.07, 6.45) is 0. The fourth-order valence-electron chi connectivity index (χ4n) is 7.59. The predicted molar refractivity (Wildman–Crippen MR) is 187 cm³/mol. The number of carbonyl (C=O) groups excluding carboxylic acids is 2. The van der Waals surface area contributed by atoms with Gasteiger partial charge < -0.3 is 0 Å². The number of anilines is 1. The Morgan fingerprint density at radius 1 is 0.522 bits per heavy atom. The van der Waals surface area contributed by atoms with E-state index in [1.54, 1.807) is 4.90 Å². The van der Waals surface area contributed by atoms with Crippen LogP contribution < -0.4 is 20.8 Å². The molecule has 0 aliphatic carbocycles. The summed E-state index contributed by atoms with van der Waals surface area (Å²) in [5.41, 5.74) is 2.27. The molecule has 1 fully saturated rings. The third-order valence-electron chi connectivity index (χ3n) is 9.36. The molecule has 4 nitrogen and oxygen atoms in total. The van der Waals surface area contributed by atoms with Crippen molar-refractivity contribution in [1.29, 1.82) is 0 Å². The van der Waals surface area contributed by atoms with E-state index in [4.69, 9.17) is 4.52 Å². The minimum atomic E-state index is -4.59. The van der Waals surface area contributed by atoms with Crippen LogP contribution in [0.2, 0.25) is 0 Å². The summed E-state index contributed by atoms with van der Waals surface area (Å²) in [6.45, 7) is -4.59. The SMILES string of the molecule is O=C1C2=C(c3ccccc3)OP(c3ccccc3)(c3ccccc3)(c3ccccc3)C2(C(=O)c2ccccc2)N1c1ccccc1. The quantitative estimate of drug-likeness (QED) is 0.106. The zero-order chi connectivity index (χ0) is 31.2. The molecule has 6 aromatic carbocycles. The predicted octanol–water partition coefficient (Wildman–Crippen LogP) is 7.50. The first kappa shape index (κ1) is 27.9. The molecule has 46 heavy (non-hydrogen) atoms. The van der Waals surface area contributed by atoms with E-state index in [0.717, 1.165) is 21.5 Å². The number of Topliss-reactive ketones (excluding diaryl/α,β-unsaturated/α-hetero) is 1. The standard InChI is InChI=1S/C41H30NO3P/c43-39(32-21-9-2-10-22-32)41-37(40(44)42(41)33-23-11-3-12-24-33)38(31-19-7-1-8-20-31)45-46(41,34-25-13-4-14-26-34,35-27-15-5-16-28-35)36-29-17-6-18-30-36/h1-30H. The molecule has 0 radical (unpaired) electrons. The molecule has 1 amide bonds. The van der Waals surface area contributed by atoms with Crippen molar-refractivity contribution in [2.75, 3.05) is 4.90 Å². The van der Waals surface area contributed by atoms with Gasteiger partial charge in [-0.05, 0) is 0 Å². The summed E-state index contributed by atoms with van der Waals surface area (Å²) in [5.74, 6) is 0.00613. The van der Waals surface area contributed by atoms with Gasteiger partial charge in [-0.3, -0.25) is 0 Å². The molecule has 222 valence electrons. The molecule has 1 unspecified atom stereocenters. The van der Waals surface area contributed by atoms with Gasteiger partial charge in [0.1, 0.15) is 0 Å². The van der Waals surface area contributed by atoms with Crippen LogP contribution in [0.3, 0.4) is 0 Å². The number of amides is 1. The number of benzene rings is 6. The number of β-lactam (4-membered cyclic amide) rings is 1. The van der Waals surface area contributed by atoms with Crippen LogP contribution in [0.5, 0.6) is 0 Å². The van der Waals surface area contributed by atoms with Gasteiger partial charge in [0, 0.05) is 0 Å². The molecule has 0 saturated carbocycles. The molecule has 0 N–H and O–H groups in total. The van der Waals surface area contributed by atoms with Gasteiger partial charge in [-0.1, -0.05) is 0 Å². The molecule has 0 spiro atoms. The average molecular weight is 616 g/mol. The van der Waals surface area contributed by atoms with Gasteiger partial charge in [-0.25, -0.2) is 0 Å². The van der Waals surface area contributed by atoms with E-state index in [0.29, 0.717) is 22.6 Å². The molecule has 0 bridgehead atoms. The number of ketones is 1. The van der Waals surface area contributed by atoms with Crippen molar-refractivity contribution in [1.82, 2.24) is 0 Å².